The van der Waals surface area contributed by atoms with Crippen LogP contribution in [0.15, 0.2) is 58.7 Å². The van der Waals surface area contributed by atoms with Crippen LogP contribution >= 0.6 is 0 Å². The molecule has 2 aromatic rings. The lowest BCUT2D eigenvalue weighted by atomic mass is 10.1. The largest absolute Gasteiger partial charge is 0.457 e. The average molecular weight is 252 g/mol. The molecule has 1 aliphatic rings. The molecular formula is C16H12O3. The number of esters is 1. The fraction of sp³-hybridized carbons (Fsp3) is 0.0625. The maximum Gasteiger partial charge on any atom is 0.336 e. The molecule has 3 nitrogen and oxygen atoms in total. The number of cyclic esters (lactones) is 1. The average Bonchev–Trinajstić information content (AvgIpc) is 3.00. The maximum atomic E-state index is 10.9. The van der Waals surface area contributed by atoms with Gasteiger partial charge < -0.3 is 9.15 Å². The van der Waals surface area contributed by atoms with E-state index in [1.165, 1.54) is 11.6 Å². The van der Waals surface area contributed by atoms with E-state index >= 15 is 0 Å². The summed E-state index contributed by atoms with van der Waals surface area (Å²) in [6.07, 6.45) is 4.70. The van der Waals surface area contributed by atoms with E-state index in [4.69, 9.17) is 9.15 Å². The van der Waals surface area contributed by atoms with E-state index < -0.39 is 0 Å². The quantitative estimate of drug-likeness (QED) is 0.765. The lowest BCUT2D eigenvalue weighted by molar-refractivity contribution is -0.132. The number of carbonyl (C=O) groups excluding carboxylic acids is 1. The molecule has 0 amide bonds. The van der Waals surface area contributed by atoms with Crippen LogP contribution < -0.4 is 0 Å². The first-order valence-corrected chi connectivity index (χ1v) is 5.99. The number of allylic oxidation sites excluding steroid dienone is 1. The zero-order chi connectivity index (χ0) is 13.2. The topological polar surface area (TPSA) is 39.4 Å². The molecule has 0 fully saturated rings. The van der Waals surface area contributed by atoms with Gasteiger partial charge in [-0.05, 0) is 25.1 Å². The van der Waals surface area contributed by atoms with Crippen molar-refractivity contribution in [2.45, 2.75) is 6.92 Å². The van der Waals surface area contributed by atoms with Gasteiger partial charge in [-0.3, -0.25) is 0 Å². The summed E-state index contributed by atoms with van der Waals surface area (Å²) in [5.41, 5.74) is 2.23. The normalized spacial score (nSPS) is 16.1. The van der Waals surface area contributed by atoms with E-state index in [0.29, 0.717) is 11.5 Å². The first kappa shape index (κ1) is 11.5. The molecule has 0 bridgehead atoms. The molecule has 0 N–H and O–H groups in total. The highest BCUT2D eigenvalue weighted by molar-refractivity contribution is 5.87. The van der Waals surface area contributed by atoms with Crippen LogP contribution in [0.1, 0.15) is 11.3 Å². The number of ether oxygens (including phenoxy) is 1. The minimum absolute atomic E-state index is 0.350. The Labute approximate surface area is 110 Å². The Balaban J connectivity index is 1.86. The van der Waals surface area contributed by atoms with Crippen molar-refractivity contribution in [3.8, 4) is 11.3 Å². The second-order valence-corrected chi connectivity index (χ2v) is 4.37. The highest BCUT2D eigenvalue weighted by atomic mass is 16.5. The van der Waals surface area contributed by atoms with Gasteiger partial charge in [0, 0.05) is 17.7 Å². The van der Waals surface area contributed by atoms with Crippen LogP contribution in [0.4, 0.5) is 0 Å². The Hall–Kier alpha value is -2.55. The lowest BCUT2D eigenvalue weighted by Gasteiger charge is -1.97. The van der Waals surface area contributed by atoms with Gasteiger partial charge in [0.1, 0.15) is 17.3 Å². The highest BCUT2D eigenvalue weighted by Crippen LogP contribution is 2.24. The molecule has 94 valence electrons. The van der Waals surface area contributed by atoms with E-state index in [-0.39, 0.29) is 5.97 Å². The Bertz CT molecular complexity index is 672. The van der Waals surface area contributed by atoms with Crippen LogP contribution in [0.5, 0.6) is 0 Å². The number of rotatable bonds is 2. The van der Waals surface area contributed by atoms with E-state index in [9.17, 15) is 4.79 Å². The van der Waals surface area contributed by atoms with Crippen molar-refractivity contribution in [3.63, 3.8) is 0 Å². The first-order valence-electron chi connectivity index (χ1n) is 5.99. The standard InChI is InChI=1S/C16H12O3/c1-11-2-4-12(5-3-11)15-8-6-13(18-15)10-14-7-9-16(17)19-14/h2-10H,1H3/b14-10+. The predicted molar refractivity (Wildman–Crippen MR) is 72.1 cm³/mol. The summed E-state index contributed by atoms with van der Waals surface area (Å²) in [5.74, 6) is 1.59. The van der Waals surface area contributed by atoms with Crippen molar-refractivity contribution < 1.29 is 13.9 Å². The fourth-order valence-corrected chi connectivity index (χ4v) is 1.86. The van der Waals surface area contributed by atoms with Gasteiger partial charge in [-0.1, -0.05) is 29.8 Å². The Morgan fingerprint density at radius 2 is 1.79 bits per heavy atom. The molecule has 0 radical (unpaired) electrons. The van der Waals surface area contributed by atoms with Crippen LogP contribution in [0, 0.1) is 6.92 Å². The number of hydrogen-bond donors (Lipinski definition) is 0. The van der Waals surface area contributed by atoms with Crippen LogP contribution in [0.2, 0.25) is 0 Å². The smallest absolute Gasteiger partial charge is 0.336 e. The minimum atomic E-state index is -0.350. The molecule has 0 spiro atoms. The van der Waals surface area contributed by atoms with Crippen molar-refractivity contribution >= 4 is 12.0 Å². The van der Waals surface area contributed by atoms with Crippen molar-refractivity contribution in [2.75, 3.05) is 0 Å². The zero-order valence-electron chi connectivity index (χ0n) is 10.4. The summed E-state index contributed by atoms with van der Waals surface area (Å²) in [5, 5.41) is 0. The number of furan rings is 1. The fourth-order valence-electron chi connectivity index (χ4n) is 1.86. The van der Waals surface area contributed by atoms with Gasteiger partial charge in [-0.25, -0.2) is 4.79 Å². The summed E-state index contributed by atoms with van der Waals surface area (Å²) in [4.78, 5) is 10.9. The summed E-state index contributed by atoms with van der Waals surface area (Å²) >= 11 is 0. The van der Waals surface area contributed by atoms with Crippen molar-refractivity contribution in [1.29, 1.82) is 0 Å². The van der Waals surface area contributed by atoms with Crippen molar-refractivity contribution in [1.82, 2.24) is 0 Å². The number of hydrogen-bond acceptors (Lipinski definition) is 3. The molecule has 0 saturated heterocycles. The van der Waals surface area contributed by atoms with Gasteiger partial charge in [-0.15, -0.1) is 0 Å². The van der Waals surface area contributed by atoms with E-state index in [0.717, 1.165) is 11.3 Å². The van der Waals surface area contributed by atoms with Gasteiger partial charge >= 0.3 is 5.97 Å². The molecule has 0 aliphatic carbocycles. The molecule has 0 atom stereocenters. The maximum absolute atomic E-state index is 10.9. The number of aryl methyl sites for hydroxylation is 1. The third-order valence-electron chi connectivity index (χ3n) is 2.85. The second-order valence-electron chi connectivity index (χ2n) is 4.37. The SMILES string of the molecule is Cc1ccc(-c2ccc(/C=C3\C=CC(=O)O3)o2)cc1. The van der Waals surface area contributed by atoms with Gasteiger partial charge in [0.25, 0.3) is 0 Å². The van der Waals surface area contributed by atoms with Gasteiger partial charge in [-0.2, -0.15) is 0 Å². The molecule has 0 saturated carbocycles. The molecule has 1 aromatic heterocycles. The third kappa shape index (κ3) is 2.50. The Morgan fingerprint density at radius 1 is 1.00 bits per heavy atom. The van der Waals surface area contributed by atoms with Crippen LogP contribution in [-0.4, -0.2) is 5.97 Å². The molecule has 3 rings (SSSR count). The van der Waals surface area contributed by atoms with E-state index in [1.54, 1.807) is 12.2 Å². The Morgan fingerprint density at radius 3 is 2.47 bits per heavy atom. The molecule has 1 aromatic carbocycles. The summed E-state index contributed by atoms with van der Waals surface area (Å²) in [6, 6.07) is 11.9. The molecule has 1 aliphatic heterocycles. The number of carbonyl (C=O) groups is 1. The van der Waals surface area contributed by atoms with Crippen molar-refractivity contribution in [3.05, 3.63) is 65.6 Å². The second kappa shape index (κ2) is 4.61. The first-order chi connectivity index (χ1) is 9.20. The van der Waals surface area contributed by atoms with Crippen LogP contribution in [0.25, 0.3) is 17.4 Å². The number of benzene rings is 1. The van der Waals surface area contributed by atoms with E-state index in [2.05, 4.69) is 0 Å². The van der Waals surface area contributed by atoms with E-state index in [1.807, 2.05) is 43.3 Å². The summed E-state index contributed by atoms with van der Waals surface area (Å²) < 4.78 is 10.7. The molecular weight excluding hydrogens is 240 g/mol. The predicted octanol–water partition coefficient (Wildman–Crippen LogP) is 3.71. The highest BCUT2D eigenvalue weighted by Gasteiger charge is 2.10. The zero-order valence-corrected chi connectivity index (χ0v) is 10.4. The molecule has 3 heteroatoms. The molecule has 19 heavy (non-hydrogen) atoms. The van der Waals surface area contributed by atoms with Crippen LogP contribution in [0.3, 0.4) is 0 Å². The van der Waals surface area contributed by atoms with Crippen LogP contribution in [-0.2, 0) is 9.53 Å². The van der Waals surface area contributed by atoms with Gasteiger partial charge in [0.2, 0.25) is 0 Å². The molecule has 2 heterocycles. The Kier molecular flexibility index (Phi) is 2.80. The molecule has 0 unspecified atom stereocenters. The van der Waals surface area contributed by atoms with Crippen molar-refractivity contribution in [2.24, 2.45) is 0 Å². The summed E-state index contributed by atoms with van der Waals surface area (Å²) in [6.45, 7) is 2.04. The van der Waals surface area contributed by atoms with Gasteiger partial charge in [0.05, 0.1) is 0 Å². The third-order valence-corrected chi connectivity index (χ3v) is 2.85. The summed E-state index contributed by atoms with van der Waals surface area (Å²) in [7, 11) is 0. The lowest BCUT2D eigenvalue weighted by Crippen LogP contribution is -1.89. The van der Waals surface area contributed by atoms with Gasteiger partial charge in [0.15, 0.2) is 0 Å². The minimum Gasteiger partial charge on any atom is -0.457 e. The monoisotopic (exact) mass is 252 g/mol.